The Morgan fingerprint density at radius 2 is 1.96 bits per heavy atom. The zero-order valence-corrected chi connectivity index (χ0v) is 15.9. The zero-order valence-electron chi connectivity index (χ0n) is 14.3. The van der Waals surface area contributed by atoms with Gasteiger partial charge in [0.1, 0.15) is 0 Å². The average Bonchev–Trinajstić information content (AvgIpc) is 2.60. The van der Waals surface area contributed by atoms with Crippen LogP contribution in [0, 0.1) is 0 Å². The number of likely N-dealkylation sites (tertiary alicyclic amines) is 1. The van der Waals surface area contributed by atoms with Crippen molar-refractivity contribution in [2.45, 2.75) is 38.6 Å². The second-order valence-electron chi connectivity index (χ2n) is 5.95. The minimum atomic E-state index is -0.355. The van der Waals surface area contributed by atoms with Gasteiger partial charge >= 0.3 is 5.97 Å². The maximum Gasteiger partial charge on any atom is 0.306 e. The number of halogens is 1. The van der Waals surface area contributed by atoms with Crippen LogP contribution in [0.3, 0.4) is 0 Å². The Morgan fingerprint density at radius 1 is 1.24 bits per heavy atom. The topological polar surface area (TPSA) is 75.7 Å². The van der Waals surface area contributed by atoms with Gasteiger partial charge in [0.15, 0.2) is 0 Å². The molecule has 0 aromatic heterocycles. The van der Waals surface area contributed by atoms with Gasteiger partial charge in [-0.05, 0) is 38.0 Å². The Hall–Kier alpha value is -1.89. The minimum Gasteiger partial charge on any atom is -0.466 e. The number of nitrogens with zero attached hydrogens (tertiary/aromatic N) is 1. The van der Waals surface area contributed by atoms with Gasteiger partial charge in [-0.1, -0.05) is 22.0 Å². The Kier molecular flexibility index (Phi) is 7.43. The molecule has 1 aromatic carbocycles. The van der Waals surface area contributed by atoms with Gasteiger partial charge in [-0.2, -0.15) is 0 Å². The van der Waals surface area contributed by atoms with Crippen molar-refractivity contribution >= 4 is 33.7 Å². The highest BCUT2D eigenvalue weighted by Crippen LogP contribution is 2.17. The van der Waals surface area contributed by atoms with Crippen LogP contribution in [0.5, 0.6) is 0 Å². The van der Waals surface area contributed by atoms with Crippen molar-refractivity contribution in [3.05, 3.63) is 34.3 Å². The van der Waals surface area contributed by atoms with Gasteiger partial charge < -0.3 is 15.0 Å². The number of benzene rings is 1. The van der Waals surface area contributed by atoms with Crippen molar-refractivity contribution in [2.75, 3.05) is 19.7 Å². The number of hydrogen-bond donors (Lipinski definition) is 1. The number of hydrogen-bond acceptors (Lipinski definition) is 4. The summed E-state index contributed by atoms with van der Waals surface area (Å²) >= 11 is 3.37. The third-order valence-corrected chi connectivity index (χ3v) is 4.57. The number of piperidine rings is 1. The molecule has 0 aliphatic carbocycles. The van der Waals surface area contributed by atoms with Gasteiger partial charge in [-0.3, -0.25) is 14.4 Å². The van der Waals surface area contributed by atoms with Crippen LogP contribution in [0.1, 0.15) is 43.0 Å². The maximum atomic E-state index is 12.5. The van der Waals surface area contributed by atoms with Crippen molar-refractivity contribution in [1.29, 1.82) is 0 Å². The SMILES string of the molecule is CCOC(=O)CCC(=O)NC1CCN(C(=O)c2cccc(Br)c2)CC1. The fourth-order valence-electron chi connectivity index (χ4n) is 2.78. The number of carbonyl (C=O) groups is 3. The Balaban J connectivity index is 1.75. The van der Waals surface area contributed by atoms with E-state index >= 15 is 0 Å². The first-order valence-corrected chi connectivity index (χ1v) is 9.28. The molecule has 1 heterocycles. The molecule has 136 valence electrons. The quantitative estimate of drug-likeness (QED) is 0.730. The fraction of sp³-hybridized carbons (Fsp3) is 0.500. The van der Waals surface area contributed by atoms with Crippen molar-refractivity contribution in [2.24, 2.45) is 0 Å². The molecule has 1 N–H and O–H groups in total. The smallest absolute Gasteiger partial charge is 0.306 e. The Morgan fingerprint density at radius 3 is 2.60 bits per heavy atom. The third-order valence-electron chi connectivity index (χ3n) is 4.08. The average molecular weight is 411 g/mol. The first-order chi connectivity index (χ1) is 12.0. The number of ether oxygens (including phenoxy) is 1. The minimum absolute atomic E-state index is 0.00777. The monoisotopic (exact) mass is 410 g/mol. The highest BCUT2D eigenvalue weighted by molar-refractivity contribution is 9.10. The second kappa shape index (κ2) is 9.56. The van der Waals surface area contributed by atoms with Crippen LogP contribution in [-0.2, 0) is 14.3 Å². The van der Waals surface area contributed by atoms with Crippen molar-refractivity contribution in [1.82, 2.24) is 10.2 Å². The van der Waals surface area contributed by atoms with E-state index in [0.29, 0.717) is 38.1 Å². The summed E-state index contributed by atoms with van der Waals surface area (Å²) in [5, 5.41) is 2.93. The van der Waals surface area contributed by atoms with Crippen LogP contribution in [0.2, 0.25) is 0 Å². The van der Waals surface area contributed by atoms with E-state index in [1.165, 1.54) is 0 Å². The predicted octanol–water partition coefficient (Wildman–Crippen LogP) is 2.51. The van der Waals surface area contributed by atoms with E-state index in [0.717, 1.165) is 4.47 Å². The van der Waals surface area contributed by atoms with E-state index in [2.05, 4.69) is 21.2 Å². The molecule has 25 heavy (non-hydrogen) atoms. The number of nitrogens with one attached hydrogen (secondary N) is 1. The summed E-state index contributed by atoms with van der Waals surface area (Å²) in [5.74, 6) is -0.495. The Labute approximate surface area is 156 Å². The maximum absolute atomic E-state index is 12.5. The van der Waals surface area contributed by atoms with E-state index < -0.39 is 0 Å². The first-order valence-electron chi connectivity index (χ1n) is 8.49. The molecule has 1 aliphatic heterocycles. The molecular weight excluding hydrogens is 388 g/mol. The lowest BCUT2D eigenvalue weighted by molar-refractivity contribution is -0.144. The van der Waals surface area contributed by atoms with Gasteiger partial charge in [-0.15, -0.1) is 0 Å². The molecule has 6 nitrogen and oxygen atoms in total. The van der Waals surface area contributed by atoms with E-state index in [4.69, 9.17) is 4.74 Å². The molecule has 7 heteroatoms. The normalized spacial score (nSPS) is 14.9. The molecule has 1 aliphatic rings. The highest BCUT2D eigenvalue weighted by Gasteiger charge is 2.24. The van der Waals surface area contributed by atoms with Crippen LogP contribution in [0.4, 0.5) is 0 Å². The van der Waals surface area contributed by atoms with Crippen LogP contribution in [-0.4, -0.2) is 48.4 Å². The molecule has 0 unspecified atom stereocenters. The van der Waals surface area contributed by atoms with Crippen LogP contribution in [0.15, 0.2) is 28.7 Å². The van der Waals surface area contributed by atoms with Gasteiger partial charge in [0.05, 0.1) is 13.0 Å². The van der Waals surface area contributed by atoms with Gasteiger partial charge in [0.2, 0.25) is 5.91 Å². The largest absolute Gasteiger partial charge is 0.466 e. The van der Waals surface area contributed by atoms with Crippen molar-refractivity contribution < 1.29 is 19.1 Å². The summed E-state index contributed by atoms with van der Waals surface area (Å²) in [6, 6.07) is 7.38. The molecule has 2 amide bonds. The van der Waals surface area contributed by atoms with Gasteiger partial charge in [0, 0.05) is 35.6 Å². The fourth-order valence-corrected chi connectivity index (χ4v) is 3.18. The number of rotatable bonds is 6. The summed E-state index contributed by atoms with van der Waals surface area (Å²) in [7, 11) is 0. The van der Waals surface area contributed by atoms with Gasteiger partial charge in [0.25, 0.3) is 5.91 Å². The molecule has 0 saturated carbocycles. The number of amides is 2. The van der Waals surface area contributed by atoms with E-state index in [1.807, 2.05) is 23.1 Å². The standard InChI is InChI=1S/C18H23BrN2O4/c1-2-25-17(23)7-6-16(22)20-15-8-10-21(11-9-15)18(24)13-4-3-5-14(19)12-13/h3-5,12,15H,2,6-11H2,1H3,(H,20,22). The molecule has 0 spiro atoms. The van der Waals surface area contributed by atoms with Crippen LogP contribution < -0.4 is 5.32 Å². The third kappa shape index (κ3) is 6.16. The van der Waals surface area contributed by atoms with E-state index in [-0.39, 0.29) is 36.7 Å². The molecule has 0 radical (unpaired) electrons. The summed E-state index contributed by atoms with van der Waals surface area (Å²) in [6.07, 6.45) is 1.66. The summed E-state index contributed by atoms with van der Waals surface area (Å²) < 4.78 is 5.68. The molecule has 0 atom stereocenters. The molecular formula is C18H23BrN2O4. The van der Waals surface area contributed by atoms with Crippen LogP contribution in [0.25, 0.3) is 0 Å². The summed E-state index contributed by atoms with van der Waals surface area (Å²) in [4.78, 5) is 37.5. The zero-order chi connectivity index (χ0) is 18.2. The summed E-state index contributed by atoms with van der Waals surface area (Å²) in [6.45, 7) is 3.27. The molecule has 1 fully saturated rings. The molecule has 1 aromatic rings. The van der Waals surface area contributed by atoms with Crippen molar-refractivity contribution in [3.63, 3.8) is 0 Å². The predicted molar refractivity (Wildman–Crippen MR) is 97.1 cm³/mol. The lowest BCUT2D eigenvalue weighted by Crippen LogP contribution is -2.46. The van der Waals surface area contributed by atoms with Crippen LogP contribution >= 0.6 is 15.9 Å². The number of carbonyl (C=O) groups excluding carboxylic acids is 3. The summed E-state index contributed by atoms with van der Waals surface area (Å²) in [5.41, 5.74) is 0.659. The van der Waals surface area contributed by atoms with E-state index in [9.17, 15) is 14.4 Å². The van der Waals surface area contributed by atoms with E-state index in [1.54, 1.807) is 13.0 Å². The first kappa shape index (κ1) is 19.4. The van der Waals surface area contributed by atoms with Gasteiger partial charge in [-0.25, -0.2) is 0 Å². The molecule has 1 saturated heterocycles. The molecule has 2 rings (SSSR count). The lowest BCUT2D eigenvalue weighted by Gasteiger charge is -2.32. The lowest BCUT2D eigenvalue weighted by atomic mass is 10.0. The van der Waals surface area contributed by atoms with Crippen molar-refractivity contribution in [3.8, 4) is 0 Å². The highest BCUT2D eigenvalue weighted by atomic mass is 79.9. The Bertz CT molecular complexity index is 627. The molecule has 0 bridgehead atoms. The number of esters is 1. The second-order valence-corrected chi connectivity index (χ2v) is 6.87.